The molecule has 3 nitrogen and oxygen atoms in total. The van der Waals surface area contributed by atoms with E-state index in [1.165, 1.54) is 25.7 Å². The molecule has 2 bridgehead atoms. The van der Waals surface area contributed by atoms with E-state index in [9.17, 15) is 4.79 Å². The van der Waals surface area contributed by atoms with Crippen LogP contribution in [0.1, 0.15) is 47.2 Å². The van der Waals surface area contributed by atoms with Crippen molar-refractivity contribution in [2.24, 2.45) is 17.8 Å². The predicted molar refractivity (Wildman–Crippen MR) is 79.5 cm³/mol. The summed E-state index contributed by atoms with van der Waals surface area (Å²) < 4.78 is 5.55. The van der Waals surface area contributed by atoms with Gasteiger partial charge in [0, 0.05) is 5.69 Å². The second kappa shape index (κ2) is 5.12. The first-order valence-electron chi connectivity index (χ1n) is 7.58. The Balaban J connectivity index is 1.63. The molecule has 0 saturated heterocycles. The van der Waals surface area contributed by atoms with Crippen molar-refractivity contribution in [3.05, 3.63) is 28.8 Å². The highest BCUT2D eigenvalue weighted by Gasteiger charge is 2.39. The number of benzene rings is 1. The lowest BCUT2D eigenvalue weighted by Crippen LogP contribution is -2.20. The van der Waals surface area contributed by atoms with Gasteiger partial charge in [0.1, 0.15) is 0 Å². The van der Waals surface area contributed by atoms with Gasteiger partial charge in [0.05, 0.1) is 12.2 Å². The van der Waals surface area contributed by atoms with Gasteiger partial charge in [0.15, 0.2) is 0 Å². The van der Waals surface area contributed by atoms with E-state index in [0.29, 0.717) is 23.8 Å². The summed E-state index contributed by atoms with van der Waals surface area (Å²) in [4.78, 5) is 12.2. The summed E-state index contributed by atoms with van der Waals surface area (Å²) in [5, 5.41) is 0. The molecule has 0 spiro atoms. The Morgan fingerprint density at radius 1 is 1.25 bits per heavy atom. The lowest BCUT2D eigenvalue weighted by atomic mass is 9.89. The number of carbonyl (C=O) groups is 1. The lowest BCUT2D eigenvalue weighted by Gasteiger charge is -2.21. The van der Waals surface area contributed by atoms with E-state index in [4.69, 9.17) is 10.5 Å². The average molecular weight is 273 g/mol. The minimum absolute atomic E-state index is 0.225. The molecule has 2 aliphatic carbocycles. The molecule has 0 heterocycles. The van der Waals surface area contributed by atoms with Crippen LogP contribution in [0.5, 0.6) is 0 Å². The molecule has 108 valence electrons. The zero-order valence-corrected chi connectivity index (χ0v) is 12.3. The Morgan fingerprint density at radius 3 is 2.70 bits per heavy atom. The number of aryl methyl sites for hydroxylation is 2. The number of nitrogen functional groups attached to an aromatic ring is 1. The maximum Gasteiger partial charge on any atom is 0.338 e. The van der Waals surface area contributed by atoms with Gasteiger partial charge in [-0.05, 0) is 68.1 Å². The Hall–Kier alpha value is -1.51. The highest BCUT2D eigenvalue weighted by molar-refractivity contribution is 5.92. The molecule has 2 saturated carbocycles. The number of ether oxygens (including phenoxy) is 1. The Kier molecular flexibility index (Phi) is 3.45. The molecule has 0 amide bonds. The molecule has 3 unspecified atom stereocenters. The Bertz CT molecular complexity index is 538. The fourth-order valence-electron chi connectivity index (χ4n) is 3.93. The minimum Gasteiger partial charge on any atom is -0.462 e. The molecule has 2 aliphatic rings. The van der Waals surface area contributed by atoms with Crippen LogP contribution in [0.2, 0.25) is 0 Å². The lowest BCUT2D eigenvalue weighted by molar-refractivity contribution is 0.0393. The average Bonchev–Trinajstić information content (AvgIpc) is 3.02. The fraction of sp³-hybridized carbons (Fsp3) is 0.588. The number of hydrogen-bond acceptors (Lipinski definition) is 3. The summed E-state index contributed by atoms with van der Waals surface area (Å²) in [5.74, 6) is 2.04. The van der Waals surface area contributed by atoms with E-state index in [0.717, 1.165) is 23.0 Å². The van der Waals surface area contributed by atoms with Gasteiger partial charge < -0.3 is 10.5 Å². The van der Waals surface area contributed by atoms with Crippen LogP contribution < -0.4 is 5.73 Å². The van der Waals surface area contributed by atoms with Gasteiger partial charge >= 0.3 is 5.97 Å². The van der Waals surface area contributed by atoms with E-state index >= 15 is 0 Å². The van der Waals surface area contributed by atoms with Gasteiger partial charge in [-0.1, -0.05) is 12.5 Å². The summed E-state index contributed by atoms with van der Waals surface area (Å²) in [6, 6.07) is 3.69. The third kappa shape index (κ3) is 2.41. The molecule has 1 aromatic rings. The van der Waals surface area contributed by atoms with E-state index in [1.807, 2.05) is 19.9 Å². The fourth-order valence-corrected chi connectivity index (χ4v) is 3.93. The van der Waals surface area contributed by atoms with Gasteiger partial charge in [-0.2, -0.15) is 0 Å². The summed E-state index contributed by atoms with van der Waals surface area (Å²) in [6.07, 6.45) is 5.29. The van der Waals surface area contributed by atoms with Crippen LogP contribution >= 0.6 is 0 Å². The van der Waals surface area contributed by atoms with E-state index in [1.54, 1.807) is 6.07 Å². The molecule has 3 rings (SSSR count). The van der Waals surface area contributed by atoms with Crippen LogP contribution in [0.15, 0.2) is 12.1 Å². The topological polar surface area (TPSA) is 52.3 Å². The SMILES string of the molecule is Cc1cc(C)c(C(=O)OCC2CC3CCC2C3)cc1N. The van der Waals surface area contributed by atoms with Crippen LogP contribution in [-0.2, 0) is 4.74 Å². The van der Waals surface area contributed by atoms with Crippen molar-refractivity contribution in [1.82, 2.24) is 0 Å². The standard InChI is InChI=1S/C17H23NO2/c1-10-5-11(2)16(18)8-15(10)17(19)20-9-14-7-12-3-4-13(14)6-12/h5,8,12-14H,3-4,6-7,9,18H2,1-2H3. The Labute approximate surface area is 120 Å². The largest absolute Gasteiger partial charge is 0.462 e. The van der Waals surface area contributed by atoms with Crippen molar-refractivity contribution in [1.29, 1.82) is 0 Å². The zero-order valence-electron chi connectivity index (χ0n) is 12.3. The number of nitrogens with two attached hydrogens (primary N) is 1. The van der Waals surface area contributed by atoms with Crippen molar-refractivity contribution < 1.29 is 9.53 Å². The molecule has 1 aromatic carbocycles. The van der Waals surface area contributed by atoms with Crippen molar-refractivity contribution in [2.75, 3.05) is 12.3 Å². The molecule has 2 fully saturated rings. The van der Waals surface area contributed by atoms with Crippen molar-refractivity contribution >= 4 is 11.7 Å². The van der Waals surface area contributed by atoms with Crippen molar-refractivity contribution in [2.45, 2.75) is 39.5 Å². The van der Waals surface area contributed by atoms with Gasteiger partial charge in [-0.3, -0.25) is 0 Å². The second-order valence-electron chi connectivity index (χ2n) is 6.56. The number of rotatable bonds is 3. The molecular weight excluding hydrogens is 250 g/mol. The molecule has 3 atom stereocenters. The number of anilines is 1. The summed E-state index contributed by atoms with van der Waals surface area (Å²) in [5.41, 5.74) is 9.10. The first-order valence-corrected chi connectivity index (χ1v) is 7.58. The smallest absolute Gasteiger partial charge is 0.338 e. The van der Waals surface area contributed by atoms with Gasteiger partial charge in [0.2, 0.25) is 0 Å². The van der Waals surface area contributed by atoms with Gasteiger partial charge in [-0.25, -0.2) is 4.79 Å². The highest BCUT2D eigenvalue weighted by Crippen LogP contribution is 2.48. The van der Waals surface area contributed by atoms with Gasteiger partial charge in [0.25, 0.3) is 0 Å². The molecule has 0 aromatic heterocycles. The van der Waals surface area contributed by atoms with Crippen LogP contribution in [-0.4, -0.2) is 12.6 Å². The molecule has 20 heavy (non-hydrogen) atoms. The van der Waals surface area contributed by atoms with E-state index < -0.39 is 0 Å². The van der Waals surface area contributed by atoms with Crippen LogP contribution in [0.25, 0.3) is 0 Å². The molecular formula is C17H23NO2. The van der Waals surface area contributed by atoms with E-state index in [2.05, 4.69) is 0 Å². The number of fused-ring (bicyclic) bond motifs is 2. The third-order valence-electron chi connectivity index (χ3n) is 5.15. The Morgan fingerprint density at radius 2 is 2.05 bits per heavy atom. The highest BCUT2D eigenvalue weighted by atomic mass is 16.5. The summed E-state index contributed by atoms with van der Waals surface area (Å²) >= 11 is 0. The van der Waals surface area contributed by atoms with Crippen molar-refractivity contribution in [3.63, 3.8) is 0 Å². The van der Waals surface area contributed by atoms with Crippen molar-refractivity contribution in [3.8, 4) is 0 Å². The van der Waals surface area contributed by atoms with Crippen LogP contribution in [0.4, 0.5) is 5.69 Å². The maximum atomic E-state index is 12.2. The van der Waals surface area contributed by atoms with Crippen LogP contribution in [0, 0.1) is 31.6 Å². The molecule has 3 heteroatoms. The number of hydrogen-bond donors (Lipinski definition) is 1. The monoisotopic (exact) mass is 273 g/mol. The minimum atomic E-state index is -0.225. The predicted octanol–water partition coefficient (Wildman–Crippen LogP) is 3.48. The normalized spacial score (nSPS) is 27.8. The van der Waals surface area contributed by atoms with Crippen LogP contribution in [0.3, 0.4) is 0 Å². The second-order valence-corrected chi connectivity index (χ2v) is 6.56. The third-order valence-corrected chi connectivity index (χ3v) is 5.15. The molecule has 0 radical (unpaired) electrons. The zero-order chi connectivity index (χ0) is 14.3. The first kappa shape index (κ1) is 13.5. The van der Waals surface area contributed by atoms with E-state index in [-0.39, 0.29) is 5.97 Å². The summed E-state index contributed by atoms with van der Waals surface area (Å²) in [7, 11) is 0. The van der Waals surface area contributed by atoms with Gasteiger partial charge in [-0.15, -0.1) is 0 Å². The summed E-state index contributed by atoms with van der Waals surface area (Å²) in [6.45, 7) is 4.46. The molecule has 0 aliphatic heterocycles. The maximum absolute atomic E-state index is 12.2. The quantitative estimate of drug-likeness (QED) is 0.677. The number of esters is 1. The number of carbonyl (C=O) groups excluding carboxylic acids is 1. The molecule has 2 N–H and O–H groups in total. The first-order chi connectivity index (χ1) is 9.54.